The molecule has 140 valence electrons. The quantitative estimate of drug-likeness (QED) is 0.689. The molecule has 0 fully saturated rings. The van der Waals surface area contributed by atoms with Crippen molar-refractivity contribution in [1.29, 1.82) is 0 Å². The molecule has 0 heterocycles. The van der Waals surface area contributed by atoms with Gasteiger partial charge in [-0.3, -0.25) is 4.79 Å². The molecule has 2 aromatic rings. The van der Waals surface area contributed by atoms with Crippen molar-refractivity contribution in [1.82, 2.24) is 4.72 Å². The second kappa shape index (κ2) is 9.23. The monoisotopic (exact) mass is 416 g/mol. The van der Waals surface area contributed by atoms with Gasteiger partial charge in [-0.15, -0.1) is 0 Å². The van der Waals surface area contributed by atoms with Gasteiger partial charge >= 0.3 is 0 Å². The van der Waals surface area contributed by atoms with Crippen LogP contribution in [0.15, 0.2) is 42.5 Å². The Hall–Kier alpha value is -1.80. The van der Waals surface area contributed by atoms with Gasteiger partial charge in [-0.25, -0.2) is 13.1 Å². The summed E-state index contributed by atoms with van der Waals surface area (Å²) >= 11 is 11.7. The summed E-state index contributed by atoms with van der Waals surface area (Å²) in [4.78, 5) is 11.9. The molecule has 0 saturated heterocycles. The van der Waals surface area contributed by atoms with Crippen molar-refractivity contribution < 1.29 is 17.9 Å². The van der Waals surface area contributed by atoms with Crippen LogP contribution >= 0.6 is 23.2 Å². The summed E-state index contributed by atoms with van der Waals surface area (Å²) in [7, 11) is -3.72. The Kier molecular flexibility index (Phi) is 7.28. The summed E-state index contributed by atoms with van der Waals surface area (Å²) in [6.45, 7) is 2.04. The number of rotatable bonds is 8. The van der Waals surface area contributed by atoms with Crippen molar-refractivity contribution in [2.45, 2.75) is 12.7 Å². The molecule has 6 nitrogen and oxygen atoms in total. The summed E-state index contributed by atoms with van der Waals surface area (Å²) in [5, 5.41) is 3.29. The van der Waals surface area contributed by atoms with Crippen LogP contribution in [0.3, 0.4) is 0 Å². The molecular weight excluding hydrogens is 399 g/mol. The molecule has 0 bridgehead atoms. The van der Waals surface area contributed by atoms with Crippen LogP contribution in [-0.4, -0.2) is 27.5 Å². The first kappa shape index (κ1) is 20.5. The Balaban J connectivity index is 1.88. The third-order valence-corrected chi connectivity index (χ3v) is 4.91. The van der Waals surface area contributed by atoms with E-state index in [9.17, 15) is 13.2 Å². The minimum absolute atomic E-state index is 0.330. The smallest absolute Gasteiger partial charge is 0.239 e. The average molecular weight is 417 g/mol. The Labute approximate surface area is 162 Å². The lowest BCUT2D eigenvalue weighted by atomic mass is 10.2. The number of amides is 1. The zero-order chi connectivity index (χ0) is 19.2. The first-order valence-corrected chi connectivity index (χ1v) is 10.1. The number of ether oxygens (including phenoxy) is 1. The van der Waals surface area contributed by atoms with Gasteiger partial charge in [-0.05, 0) is 55.0 Å². The molecule has 0 saturated carbocycles. The second-order valence-electron chi connectivity index (χ2n) is 5.36. The van der Waals surface area contributed by atoms with E-state index < -0.39 is 15.9 Å². The normalized spacial score (nSPS) is 11.2. The van der Waals surface area contributed by atoms with Crippen LogP contribution in [0.25, 0.3) is 0 Å². The molecular formula is C17H18Cl2N2O4S. The number of anilines is 1. The van der Waals surface area contributed by atoms with E-state index in [0.29, 0.717) is 33.7 Å². The van der Waals surface area contributed by atoms with E-state index in [2.05, 4.69) is 10.0 Å². The maximum atomic E-state index is 12.1. The van der Waals surface area contributed by atoms with Gasteiger partial charge < -0.3 is 10.1 Å². The lowest BCUT2D eigenvalue weighted by molar-refractivity contribution is -0.115. The fraction of sp³-hybridized carbons (Fsp3) is 0.235. The van der Waals surface area contributed by atoms with Crippen LogP contribution in [0, 0.1) is 0 Å². The second-order valence-corrected chi connectivity index (χ2v) is 8.04. The number of hydrogen-bond donors (Lipinski definition) is 2. The molecule has 0 radical (unpaired) electrons. The first-order valence-electron chi connectivity index (χ1n) is 7.72. The maximum absolute atomic E-state index is 12.1. The predicted molar refractivity (Wildman–Crippen MR) is 103 cm³/mol. The highest BCUT2D eigenvalue weighted by molar-refractivity contribution is 7.88. The molecule has 1 amide bonds. The number of sulfonamides is 1. The van der Waals surface area contributed by atoms with Gasteiger partial charge in [0.15, 0.2) is 0 Å². The topological polar surface area (TPSA) is 84.5 Å². The molecule has 0 aromatic heterocycles. The Morgan fingerprint density at radius 2 is 1.69 bits per heavy atom. The minimum atomic E-state index is -3.72. The van der Waals surface area contributed by atoms with Crippen molar-refractivity contribution in [2.75, 3.05) is 18.5 Å². The molecule has 2 aromatic carbocycles. The maximum Gasteiger partial charge on any atom is 0.239 e. The summed E-state index contributed by atoms with van der Waals surface area (Å²) in [6, 6.07) is 11.3. The molecule has 26 heavy (non-hydrogen) atoms. The highest BCUT2D eigenvalue weighted by Gasteiger charge is 2.14. The number of halogens is 2. The van der Waals surface area contributed by atoms with E-state index in [1.165, 1.54) is 18.2 Å². The summed E-state index contributed by atoms with van der Waals surface area (Å²) in [5.74, 6) is -0.128. The highest BCUT2D eigenvalue weighted by atomic mass is 35.5. The third-order valence-electron chi connectivity index (χ3n) is 3.18. The molecule has 0 aliphatic heterocycles. The standard InChI is InChI=1S/C17H18Cl2N2O4S/c1-2-25-16-5-3-15(4-6-16)21-17(22)10-20-26(23,24)11-12-7-13(18)9-14(19)8-12/h3-9,20H,2,10-11H2,1H3,(H,21,22). The van der Waals surface area contributed by atoms with E-state index in [4.69, 9.17) is 27.9 Å². The summed E-state index contributed by atoms with van der Waals surface area (Å²) in [6.07, 6.45) is 0. The van der Waals surface area contributed by atoms with Gasteiger partial charge in [0, 0.05) is 15.7 Å². The largest absolute Gasteiger partial charge is 0.494 e. The molecule has 0 aliphatic rings. The molecule has 2 N–H and O–H groups in total. The van der Waals surface area contributed by atoms with E-state index in [1.54, 1.807) is 24.3 Å². The van der Waals surface area contributed by atoms with E-state index in [0.717, 1.165) is 0 Å². The Bertz CT molecular complexity index is 851. The third kappa shape index (κ3) is 6.84. The molecule has 0 aliphatic carbocycles. The van der Waals surface area contributed by atoms with Crippen LogP contribution in [0.5, 0.6) is 5.75 Å². The lowest BCUT2D eigenvalue weighted by Gasteiger charge is -2.09. The van der Waals surface area contributed by atoms with Crippen LogP contribution in [0.1, 0.15) is 12.5 Å². The van der Waals surface area contributed by atoms with Crippen LogP contribution in [-0.2, 0) is 20.6 Å². The minimum Gasteiger partial charge on any atom is -0.494 e. The summed E-state index contributed by atoms with van der Waals surface area (Å²) in [5.41, 5.74) is 0.973. The molecule has 0 unspecified atom stereocenters. The van der Waals surface area contributed by atoms with Crippen LogP contribution < -0.4 is 14.8 Å². The fourth-order valence-electron chi connectivity index (χ4n) is 2.15. The number of carbonyl (C=O) groups is 1. The SMILES string of the molecule is CCOc1ccc(NC(=O)CNS(=O)(=O)Cc2cc(Cl)cc(Cl)c2)cc1. The van der Waals surface area contributed by atoms with Gasteiger partial charge in [0.2, 0.25) is 15.9 Å². The lowest BCUT2D eigenvalue weighted by Crippen LogP contribution is -2.33. The Morgan fingerprint density at radius 1 is 1.08 bits per heavy atom. The Morgan fingerprint density at radius 3 is 2.27 bits per heavy atom. The van der Waals surface area contributed by atoms with Crippen LogP contribution in [0.4, 0.5) is 5.69 Å². The zero-order valence-corrected chi connectivity index (χ0v) is 16.3. The zero-order valence-electron chi connectivity index (χ0n) is 14.0. The van der Waals surface area contributed by atoms with Crippen molar-refractivity contribution >= 4 is 44.8 Å². The van der Waals surface area contributed by atoms with Gasteiger partial charge in [0.05, 0.1) is 18.9 Å². The molecule has 0 spiro atoms. The van der Waals surface area contributed by atoms with Crippen molar-refractivity contribution in [3.63, 3.8) is 0 Å². The fourth-order valence-corrected chi connectivity index (χ4v) is 3.78. The van der Waals surface area contributed by atoms with Gasteiger partial charge in [-0.1, -0.05) is 23.2 Å². The van der Waals surface area contributed by atoms with Crippen molar-refractivity contribution in [2.24, 2.45) is 0 Å². The number of benzene rings is 2. The highest BCUT2D eigenvalue weighted by Crippen LogP contribution is 2.20. The van der Waals surface area contributed by atoms with Gasteiger partial charge in [0.25, 0.3) is 0 Å². The average Bonchev–Trinajstić information content (AvgIpc) is 2.54. The van der Waals surface area contributed by atoms with E-state index in [1.807, 2.05) is 6.92 Å². The van der Waals surface area contributed by atoms with E-state index >= 15 is 0 Å². The van der Waals surface area contributed by atoms with Gasteiger partial charge in [-0.2, -0.15) is 0 Å². The molecule has 0 atom stereocenters. The predicted octanol–water partition coefficient (Wildman–Crippen LogP) is 3.45. The number of hydrogen-bond acceptors (Lipinski definition) is 4. The van der Waals surface area contributed by atoms with Crippen LogP contribution in [0.2, 0.25) is 10.0 Å². The number of carbonyl (C=O) groups excluding carboxylic acids is 1. The van der Waals surface area contributed by atoms with Gasteiger partial charge in [0.1, 0.15) is 5.75 Å². The molecule has 2 rings (SSSR count). The van der Waals surface area contributed by atoms with E-state index in [-0.39, 0.29) is 12.3 Å². The summed E-state index contributed by atoms with van der Waals surface area (Å²) < 4.78 is 31.8. The van der Waals surface area contributed by atoms with Crippen molar-refractivity contribution in [3.8, 4) is 5.75 Å². The molecule has 9 heteroatoms. The van der Waals surface area contributed by atoms with Crippen molar-refractivity contribution in [3.05, 3.63) is 58.1 Å². The number of nitrogens with one attached hydrogen (secondary N) is 2. The first-order chi connectivity index (χ1) is 12.3.